The second-order valence-corrected chi connectivity index (χ2v) is 7.73. The lowest BCUT2D eigenvalue weighted by Gasteiger charge is -2.09. The lowest BCUT2D eigenvalue weighted by atomic mass is 10.3. The number of halogens is 1. The summed E-state index contributed by atoms with van der Waals surface area (Å²) in [6.07, 6.45) is 0. The van der Waals surface area contributed by atoms with Gasteiger partial charge in [-0.05, 0) is 36.4 Å². The van der Waals surface area contributed by atoms with Crippen LogP contribution in [0.2, 0.25) is 5.02 Å². The lowest BCUT2D eigenvalue weighted by molar-refractivity contribution is 0.0588. The van der Waals surface area contributed by atoms with Crippen molar-refractivity contribution in [2.75, 3.05) is 11.8 Å². The summed E-state index contributed by atoms with van der Waals surface area (Å²) < 4.78 is 38.9. The smallest absolute Gasteiger partial charge is 0.356 e. The molecule has 28 heavy (non-hydrogen) atoms. The number of hydrogen-bond donors (Lipinski definition) is 1. The van der Waals surface area contributed by atoms with E-state index >= 15 is 0 Å². The average Bonchev–Trinajstić information content (AvgIpc) is 3.03. The molecule has 0 spiro atoms. The Bertz CT molecular complexity index is 1110. The molecule has 0 atom stereocenters. The number of benzene rings is 2. The first kappa shape index (κ1) is 19.7. The summed E-state index contributed by atoms with van der Waals surface area (Å²) in [7, 11) is -1.17. The maximum Gasteiger partial charge on any atom is 0.356 e. The normalized spacial score (nSPS) is 11.1. The molecular formula is C18H16ClN3O5S. The van der Waals surface area contributed by atoms with Gasteiger partial charge in [-0.15, -0.1) is 0 Å². The van der Waals surface area contributed by atoms with Gasteiger partial charge in [-0.2, -0.15) is 5.10 Å². The summed E-state index contributed by atoms with van der Waals surface area (Å²) in [6.45, 7) is 0. The van der Waals surface area contributed by atoms with E-state index < -0.39 is 16.0 Å². The Kier molecular flexibility index (Phi) is 5.57. The van der Waals surface area contributed by atoms with Crippen LogP contribution in [0.25, 0.3) is 0 Å². The Hall–Kier alpha value is -3.04. The van der Waals surface area contributed by atoms with Crippen LogP contribution >= 0.6 is 11.6 Å². The zero-order chi connectivity index (χ0) is 20.3. The van der Waals surface area contributed by atoms with Gasteiger partial charge in [0.25, 0.3) is 10.0 Å². The molecule has 0 bridgehead atoms. The fourth-order valence-electron chi connectivity index (χ4n) is 2.35. The molecule has 1 aromatic heterocycles. The Balaban J connectivity index is 1.77. The van der Waals surface area contributed by atoms with Crippen LogP contribution in [0.1, 0.15) is 10.5 Å². The van der Waals surface area contributed by atoms with Crippen molar-refractivity contribution in [3.05, 3.63) is 65.3 Å². The van der Waals surface area contributed by atoms with Gasteiger partial charge in [0.05, 0.1) is 17.0 Å². The average molecular weight is 422 g/mol. The van der Waals surface area contributed by atoms with Crippen molar-refractivity contribution in [3.63, 3.8) is 0 Å². The van der Waals surface area contributed by atoms with E-state index in [0.717, 1.165) is 0 Å². The van der Waals surface area contributed by atoms with Crippen molar-refractivity contribution in [2.45, 2.75) is 4.90 Å². The number of carbonyl (C=O) groups is 1. The molecule has 0 unspecified atom stereocenters. The minimum absolute atomic E-state index is 0.000654. The zero-order valence-corrected chi connectivity index (χ0v) is 16.5. The predicted octanol–water partition coefficient (Wildman–Crippen LogP) is 3.45. The van der Waals surface area contributed by atoms with Gasteiger partial charge in [0.2, 0.25) is 0 Å². The third kappa shape index (κ3) is 4.26. The van der Waals surface area contributed by atoms with Crippen molar-refractivity contribution >= 4 is 33.4 Å². The SMILES string of the molecule is COC(=O)c1cc(NS(=O)(=O)c2ccc(Oc3ccccc3Cl)cc2)nn1C. The van der Waals surface area contributed by atoms with Crippen LogP contribution in [0.3, 0.4) is 0 Å². The minimum atomic E-state index is -3.91. The second-order valence-electron chi connectivity index (χ2n) is 5.64. The van der Waals surface area contributed by atoms with Crippen molar-refractivity contribution in [1.82, 2.24) is 9.78 Å². The molecule has 3 aromatic rings. The zero-order valence-electron chi connectivity index (χ0n) is 14.9. The van der Waals surface area contributed by atoms with Gasteiger partial charge in [-0.25, -0.2) is 13.2 Å². The molecule has 1 heterocycles. The molecule has 2 aromatic carbocycles. The topological polar surface area (TPSA) is 99.5 Å². The molecule has 8 nitrogen and oxygen atoms in total. The molecule has 146 valence electrons. The molecule has 3 rings (SSSR count). The Morgan fingerprint density at radius 2 is 1.82 bits per heavy atom. The molecule has 0 aliphatic carbocycles. The molecule has 1 N–H and O–H groups in total. The number of nitrogens with one attached hydrogen (secondary N) is 1. The number of hydrogen-bond acceptors (Lipinski definition) is 6. The fraction of sp³-hybridized carbons (Fsp3) is 0.111. The maximum absolute atomic E-state index is 12.5. The number of carbonyl (C=O) groups excluding carboxylic acids is 1. The van der Waals surface area contributed by atoms with Crippen LogP contribution < -0.4 is 9.46 Å². The van der Waals surface area contributed by atoms with Crippen LogP contribution in [0.5, 0.6) is 11.5 Å². The molecule has 0 radical (unpaired) electrons. The third-order valence-corrected chi connectivity index (χ3v) is 5.39. The van der Waals surface area contributed by atoms with E-state index in [0.29, 0.717) is 16.5 Å². The number of rotatable bonds is 6. The standard InChI is InChI=1S/C18H16ClN3O5S/c1-22-15(18(23)26-2)11-17(20-22)21-28(24,25)13-9-7-12(8-10-13)27-16-6-4-3-5-14(16)19/h3-11H,1-2H3,(H,20,21). The number of methoxy groups -OCH3 is 1. The third-order valence-electron chi connectivity index (χ3n) is 3.71. The summed E-state index contributed by atoms with van der Waals surface area (Å²) in [4.78, 5) is 11.6. The van der Waals surface area contributed by atoms with Gasteiger partial charge in [-0.3, -0.25) is 9.40 Å². The molecule has 0 aliphatic heterocycles. The van der Waals surface area contributed by atoms with Gasteiger partial charge in [0.1, 0.15) is 17.2 Å². The van der Waals surface area contributed by atoms with Gasteiger partial charge in [0.15, 0.2) is 5.82 Å². The van der Waals surface area contributed by atoms with Crippen molar-refractivity contribution in [1.29, 1.82) is 0 Å². The fourth-order valence-corrected chi connectivity index (χ4v) is 3.51. The highest BCUT2D eigenvalue weighted by molar-refractivity contribution is 7.92. The van der Waals surface area contributed by atoms with Crippen molar-refractivity contribution < 1.29 is 22.7 Å². The van der Waals surface area contributed by atoms with Crippen LogP contribution in [-0.4, -0.2) is 31.3 Å². The van der Waals surface area contributed by atoms with E-state index in [9.17, 15) is 13.2 Å². The molecule has 0 amide bonds. The molecule has 0 fully saturated rings. The number of anilines is 1. The highest BCUT2D eigenvalue weighted by Gasteiger charge is 2.19. The van der Waals surface area contributed by atoms with Crippen molar-refractivity contribution in [2.24, 2.45) is 7.05 Å². The first-order valence-corrected chi connectivity index (χ1v) is 9.84. The quantitative estimate of drug-likeness (QED) is 0.612. The predicted molar refractivity (Wildman–Crippen MR) is 103 cm³/mol. The molecule has 0 saturated carbocycles. The first-order chi connectivity index (χ1) is 13.3. The number of ether oxygens (including phenoxy) is 2. The number of para-hydroxylation sites is 1. The van der Waals surface area contributed by atoms with Gasteiger partial charge in [0, 0.05) is 13.1 Å². The largest absolute Gasteiger partial charge is 0.464 e. The van der Waals surface area contributed by atoms with E-state index in [1.54, 1.807) is 24.3 Å². The van der Waals surface area contributed by atoms with Gasteiger partial charge >= 0.3 is 5.97 Å². The number of aromatic nitrogens is 2. The first-order valence-electron chi connectivity index (χ1n) is 7.98. The summed E-state index contributed by atoms with van der Waals surface area (Å²) in [6, 6.07) is 14.0. The summed E-state index contributed by atoms with van der Waals surface area (Å²) in [5.41, 5.74) is 0.115. The summed E-state index contributed by atoms with van der Waals surface area (Å²) in [5, 5.41) is 4.40. The van der Waals surface area contributed by atoms with E-state index in [1.807, 2.05) is 0 Å². The van der Waals surface area contributed by atoms with Gasteiger partial charge < -0.3 is 9.47 Å². The lowest BCUT2D eigenvalue weighted by Crippen LogP contribution is -2.13. The Labute approximate surface area is 166 Å². The minimum Gasteiger partial charge on any atom is -0.464 e. The number of esters is 1. The number of nitrogens with zero attached hydrogens (tertiary/aromatic N) is 2. The summed E-state index contributed by atoms with van der Waals surface area (Å²) >= 11 is 6.04. The van der Waals surface area contributed by atoms with Crippen LogP contribution in [0, 0.1) is 0 Å². The Morgan fingerprint density at radius 1 is 1.14 bits per heavy atom. The van der Waals surface area contributed by atoms with Crippen LogP contribution in [0.15, 0.2) is 59.5 Å². The maximum atomic E-state index is 12.5. The van der Waals surface area contributed by atoms with E-state index in [2.05, 4.69) is 14.6 Å². The molecule has 0 aliphatic rings. The Morgan fingerprint density at radius 3 is 2.46 bits per heavy atom. The van der Waals surface area contributed by atoms with E-state index in [4.69, 9.17) is 16.3 Å². The molecule has 0 saturated heterocycles. The van der Waals surface area contributed by atoms with Crippen LogP contribution in [-0.2, 0) is 21.8 Å². The number of aryl methyl sites for hydroxylation is 1. The highest BCUT2D eigenvalue weighted by atomic mass is 35.5. The molecule has 10 heteroatoms. The van der Waals surface area contributed by atoms with Gasteiger partial charge in [-0.1, -0.05) is 23.7 Å². The van der Waals surface area contributed by atoms with Crippen molar-refractivity contribution in [3.8, 4) is 11.5 Å². The van der Waals surface area contributed by atoms with Crippen LogP contribution in [0.4, 0.5) is 5.82 Å². The molecular weight excluding hydrogens is 406 g/mol. The highest BCUT2D eigenvalue weighted by Crippen LogP contribution is 2.29. The number of sulfonamides is 1. The van der Waals surface area contributed by atoms with E-state index in [1.165, 1.54) is 49.2 Å². The second kappa shape index (κ2) is 7.91. The summed E-state index contributed by atoms with van der Waals surface area (Å²) in [5.74, 6) is 0.264. The monoisotopic (exact) mass is 421 g/mol. The van der Waals surface area contributed by atoms with E-state index in [-0.39, 0.29) is 16.4 Å².